The van der Waals surface area contributed by atoms with Gasteiger partial charge in [0.25, 0.3) is 0 Å². The maximum atomic E-state index is 13.0. The van der Waals surface area contributed by atoms with E-state index in [0.29, 0.717) is 29.4 Å². The van der Waals surface area contributed by atoms with Crippen LogP contribution in [0.1, 0.15) is 32.6 Å². The highest BCUT2D eigenvalue weighted by atomic mass is 19.1. The number of benzene rings is 3. The number of halogens is 1. The van der Waals surface area contributed by atoms with Crippen LogP contribution in [-0.2, 0) is 6.61 Å². The molecule has 0 saturated heterocycles. The van der Waals surface area contributed by atoms with E-state index in [1.807, 2.05) is 38.1 Å². The number of aryl methyl sites for hydroxylation is 1. The fourth-order valence-electron chi connectivity index (χ4n) is 3.16. The maximum Gasteiger partial charge on any atom is 0.231 e. The van der Waals surface area contributed by atoms with Gasteiger partial charge in [0.1, 0.15) is 23.9 Å². The number of allylic oxidation sites excluding steroid dienone is 1. The lowest BCUT2D eigenvalue weighted by atomic mass is 10.0. The first-order valence-electron chi connectivity index (χ1n) is 9.03. The van der Waals surface area contributed by atoms with E-state index in [-0.39, 0.29) is 11.6 Å². The normalized spacial score (nSPS) is 14.1. The second-order valence-corrected chi connectivity index (χ2v) is 6.78. The molecule has 1 heterocycles. The van der Waals surface area contributed by atoms with Gasteiger partial charge < -0.3 is 9.47 Å². The van der Waals surface area contributed by atoms with Crippen LogP contribution in [0.25, 0.3) is 6.08 Å². The van der Waals surface area contributed by atoms with E-state index in [0.717, 1.165) is 22.3 Å². The van der Waals surface area contributed by atoms with Crippen LogP contribution in [-0.4, -0.2) is 5.78 Å². The molecule has 0 fully saturated rings. The summed E-state index contributed by atoms with van der Waals surface area (Å²) in [6.07, 6.45) is 1.77. The van der Waals surface area contributed by atoms with E-state index in [1.54, 1.807) is 30.3 Å². The first-order chi connectivity index (χ1) is 13.5. The molecule has 0 unspecified atom stereocenters. The summed E-state index contributed by atoms with van der Waals surface area (Å²) in [7, 11) is 0. The predicted molar refractivity (Wildman–Crippen MR) is 106 cm³/mol. The number of ether oxygens (including phenoxy) is 2. The van der Waals surface area contributed by atoms with Crippen LogP contribution < -0.4 is 9.47 Å². The highest BCUT2D eigenvalue weighted by Crippen LogP contribution is 2.39. The summed E-state index contributed by atoms with van der Waals surface area (Å²) in [6, 6.07) is 17.5. The Balaban J connectivity index is 1.58. The van der Waals surface area contributed by atoms with E-state index in [4.69, 9.17) is 9.47 Å². The first kappa shape index (κ1) is 18.0. The summed E-state index contributed by atoms with van der Waals surface area (Å²) >= 11 is 0. The van der Waals surface area contributed by atoms with Gasteiger partial charge in [-0.3, -0.25) is 4.79 Å². The van der Waals surface area contributed by atoms with Gasteiger partial charge in [-0.15, -0.1) is 0 Å². The van der Waals surface area contributed by atoms with Crippen molar-refractivity contribution in [1.82, 2.24) is 0 Å². The quantitative estimate of drug-likeness (QED) is 0.555. The molecule has 1 aliphatic heterocycles. The van der Waals surface area contributed by atoms with Gasteiger partial charge in [0, 0.05) is 5.56 Å². The van der Waals surface area contributed by atoms with E-state index in [2.05, 4.69) is 0 Å². The van der Waals surface area contributed by atoms with E-state index in [1.165, 1.54) is 12.1 Å². The van der Waals surface area contributed by atoms with Crippen molar-refractivity contribution < 1.29 is 18.7 Å². The smallest absolute Gasteiger partial charge is 0.231 e. The molecule has 140 valence electrons. The second-order valence-electron chi connectivity index (χ2n) is 6.78. The maximum absolute atomic E-state index is 13.0. The first-order valence-corrected chi connectivity index (χ1v) is 9.03. The average molecular weight is 374 g/mol. The number of hydrogen-bond acceptors (Lipinski definition) is 3. The van der Waals surface area contributed by atoms with Crippen LogP contribution in [0.2, 0.25) is 0 Å². The largest absolute Gasteiger partial charge is 0.488 e. The van der Waals surface area contributed by atoms with Gasteiger partial charge in [-0.2, -0.15) is 0 Å². The third kappa shape index (κ3) is 3.41. The molecule has 0 atom stereocenters. The number of hydrogen-bond donors (Lipinski definition) is 0. The Kier molecular flexibility index (Phi) is 4.70. The molecule has 0 N–H and O–H groups in total. The lowest BCUT2D eigenvalue weighted by Crippen LogP contribution is -1.98. The van der Waals surface area contributed by atoms with E-state index in [9.17, 15) is 9.18 Å². The summed E-state index contributed by atoms with van der Waals surface area (Å²) in [6.45, 7) is 4.16. The van der Waals surface area contributed by atoms with Gasteiger partial charge in [-0.05, 0) is 60.9 Å². The molecular formula is C24H19FO3. The fourth-order valence-corrected chi connectivity index (χ4v) is 3.16. The Morgan fingerprint density at radius 1 is 1.00 bits per heavy atom. The van der Waals surface area contributed by atoms with Crippen LogP contribution in [0.3, 0.4) is 0 Å². The third-order valence-electron chi connectivity index (χ3n) is 4.82. The van der Waals surface area contributed by atoms with E-state index >= 15 is 0 Å². The number of fused-ring (bicyclic) bond motifs is 1. The number of Topliss-reactive ketones (excluding diaryl/α,β-unsaturated/α-hetero) is 1. The minimum Gasteiger partial charge on any atom is -0.488 e. The molecule has 0 aromatic heterocycles. The van der Waals surface area contributed by atoms with Crippen molar-refractivity contribution >= 4 is 11.9 Å². The van der Waals surface area contributed by atoms with Crippen molar-refractivity contribution in [1.29, 1.82) is 0 Å². The van der Waals surface area contributed by atoms with Crippen molar-refractivity contribution in [3.63, 3.8) is 0 Å². The highest BCUT2D eigenvalue weighted by molar-refractivity contribution is 6.15. The number of carbonyl (C=O) groups excluding carboxylic acids is 1. The topological polar surface area (TPSA) is 35.5 Å². The zero-order valence-corrected chi connectivity index (χ0v) is 15.7. The van der Waals surface area contributed by atoms with Crippen molar-refractivity contribution in [2.24, 2.45) is 0 Å². The minimum atomic E-state index is -0.280. The van der Waals surface area contributed by atoms with Crippen molar-refractivity contribution in [3.05, 3.63) is 100 Å². The number of rotatable bonds is 4. The van der Waals surface area contributed by atoms with Gasteiger partial charge in [0.05, 0.1) is 5.56 Å². The molecule has 0 aliphatic carbocycles. The molecule has 0 amide bonds. The molecule has 3 nitrogen and oxygen atoms in total. The minimum absolute atomic E-state index is 0.133. The van der Waals surface area contributed by atoms with Crippen LogP contribution in [0, 0.1) is 19.7 Å². The zero-order valence-electron chi connectivity index (χ0n) is 15.7. The van der Waals surface area contributed by atoms with E-state index < -0.39 is 0 Å². The molecular weight excluding hydrogens is 355 g/mol. The SMILES string of the molecule is Cc1ccccc1/C=C1\Oc2c(ccc(OCc3ccc(F)cc3)c2C)C1=O. The molecule has 4 heteroatoms. The summed E-state index contributed by atoms with van der Waals surface area (Å²) in [5, 5.41) is 0. The van der Waals surface area contributed by atoms with Crippen LogP contribution in [0.15, 0.2) is 66.4 Å². The molecule has 3 aromatic rings. The molecule has 4 rings (SSSR count). The Bertz CT molecular complexity index is 1080. The van der Waals surface area contributed by atoms with Gasteiger partial charge in [0.15, 0.2) is 5.76 Å². The van der Waals surface area contributed by atoms with Crippen LogP contribution in [0.4, 0.5) is 4.39 Å². The predicted octanol–water partition coefficient (Wildman–Crippen LogP) is 5.64. The Hall–Kier alpha value is -3.40. The summed E-state index contributed by atoms with van der Waals surface area (Å²) < 4.78 is 24.8. The van der Waals surface area contributed by atoms with Gasteiger partial charge in [-0.1, -0.05) is 36.4 Å². The third-order valence-corrected chi connectivity index (χ3v) is 4.82. The molecule has 1 aliphatic rings. The Morgan fingerprint density at radius 3 is 2.50 bits per heavy atom. The fraction of sp³-hybridized carbons (Fsp3) is 0.125. The van der Waals surface area contributed by atoms with Crippen LogP contribution >= 0.6 is 0 Å². The zero-order chi connectivity index (χ0) is 19.7. The van der Waals surface area contributed by atoms with Crippen molar-refractivity contribution in [3.8, 4) is 11.5 Å². The summed E-state index contributed by atoms with van der Waals surface area (Å²) in [4.78, 5) is 12.7. The molecule has 3 aromatic carbocycles. The Morgan fingerprint density at radius 2 is 1.75 bits per heavy atom. The monoisotopic (exact) mass is 374 g/mol. The molecule has 28 heavy (non-hydrogen) atoms. The molecule has 0 radical (unpaired) electrons. The standard InChI is InChI=1S/C24H19FO3/c1-15-5-3-4-6-18(15)13-22-23(26)20-11-12-21(16(2)24(20)28-22)27-14-17-7-9-19(25)10-8-17/h3-13H,14H2,1-2H3/b22-13-. The summed E-state index contributed by atoms with van der Waals surface area (Å²) in [5.74, 6) is 1.06. The lowest BCUT2D eigenvalue weighted by Gasteiger charge is -2.11. The summed E-state index contributed by atoms with van der Waals surface area (Å²) in [5.41, 5.74) is 4.18. The molecule has 0 bridgehead atoms. The second kappa shape index (κ2) is 7.31. The highest BCUT2D eigenvalue weighted by Gasteiger charge is 2.30. The van der Waals surface area contributed by atoms with Crippen LogP contribution in [0.5, 0.6) is 11.5 Å². The lowest BCUT2D eigenvalue weighted by molar-refractivity contribution is 0.101. The van der Waals surface area contributed by atoms with Gasteiger partial charge >= 0.3 is 0 Å². The number of carbonyl (C=O) groups is 1. The Labute approximate surface area is 163 Å². The van der Waals surface area contributed by atoms with Gasteiger partial charge in [-0.25, -0.2) is 4.39 Å². The number of ketones is 1. The van der Waals surface area contributed by atoms with Gasteiger partial charge in [0.2, 0.25) is 5.78 Å². The molecule has 0 spiro atoms. The molecule has 0 saturated carbocycles. The van der Waals surface area contributed by atoms with Crippen molar-refractivity contribution in [2.45, 2.75) is 20.5 Å². The average Bonchev–Trinajstić information content (AvgIpc) is 3.01. The van der Waals surface area contributed by atoms with Crippen molar-refractivity contribution in [2.75, 3.05) is 0 Å².